The summed E-state index contributed by atoms with van der Waals surface area (Å²) >= 11 is 0. The molecule has 1 rings (SSSR count). The van der Waals surface area contributed by atoms with Crippen molar-refractivity contribution in [3.8, 4) is 6.07 Å². The van der Waals surface area contributed by atoms with Crippen LogP contribution < -0.4 is 4.90 Å². The number of rotatable bonds is 4. The largest absolute Gasteiger partial charge is 0.315 e. The normalized spacial score (nSPS) is 11.6. The standard InChI is InChI=1S/C14H18N2O/c1-4-11(2)9-14(17)16(3)13-7-5-12(10-15)6-8-13/h5-8,11H,4,9H2,1-3H3. The van der Waals surface area contributed by atoms with Crippen molar-refractivity contribution >= 4 is 11.6 Å². The minimum atomic E-state index is 0.115. The van der Waals surface area contributed by atoms with Gasteiger partial charge in [-0.2, -0.15) is 5.26 Å². The highest BCUT2D eigenvalue weighted by atomic mass is 16.2. The van der Waals surface area contributed by atoms with Gasteiger partial charge in [-0.05, 0) is 30.2 Å². The average Bonchev–Trinajstić information content (AvgIpc) is 2.37. The van der Waals surface area contributed by atoms with Gasteiger partial charge in [0.15, 0.2) is 0 Å². The summed E-state index contributed by atoms with van der Waals surface area (Å²) in [5.74, 6) is 0.521. The van der Waals surface area contributed by atoms with Crippen LogP contribution in [0.15, 0.2) is 24.3 Å². The predicted molar refractivity (Wildman–Crippen MR) is 68.6 cm³/mol. The molecule has 1 aromatic rings. The summed E-state index contributed by atoms with van der Waals surface area (Å²) in [5.41, 5.74) is 1.44. The lowest BCUT2D eigenvalue weighted by Gasteiger charge is -2.19. The smallest absolute Gasteiger partial charge is 0.226 e. The van der Waals surface area contributed by atoms with Gasteiger partial charge in [-0.1, -0.05) is 20.3 Å². The first-order chi connectivity index (χ1) is 8.08. The Morgan fingerprint density at radius 3 is 2.47 bits per heavy atom. The molecule has 0 aromatic heterocycles. The summed E-state index contributed by atoms with van der Waals surface area (Å²) in [6.45, 7) is 4.16. The van der Waals surface area contributed by atoms with Crippen molar-refractivity contribution in [3.63, 3.8) is 0 Å². The molecule has 3 heteroatoms. The second-order valence-electron chi connectivity index (χ2n) is 4.33. The van der Waals surface area contributed by atoms with Crippen molar-refractivity contribution in [1.29, 1.82) is 5.26 Å². The zero-order valence-corrected chi connectivity index (χ0v) is 10.6. The molecule has 1 atom stereocenters. The van der Waals surface area contributed by atoms with E-state index < -0.39 is 0 Å². The SMILES string of the molecule is CCC(C)CC(=O)N(C)c1ccc(C#N)cc1. The van der Waals surface area contributed by atoms with Crippen molar-refractivity contribution in [2.24, 2.45) is 5.92 Å². The fourth-order valence-corrected chi connectivity index (χ4v) is 1.48. The number of carbonyl (C=O) groups excluding carboxylic acids is 1. The molecule has 0 saturated heterocycles. The number of benzene rings is 1. The summed E-state index contributed by atoms with van der Waals surface area (Å²) < 4.78 is 0. The molecule has 1 unspecified atom stereocenters. The fourth-order valence-electron chi connectivity index (χ4n) is 1.48. The molecule has 0 radical (unpaired) electrons. The van der Waals surface area contributed by atoms with Gasteiger partial charge in [-0.3, -0.25) is 4.79 Å². The number of amides is 1. The number of nitrogens with zero attached hydrogens (tertiary/aromatic N) is 2. The molecule has 0 heterocycles. The molecular formula is C14H18N2O. The van der Waals surface area contributed by atoms with E-state index in [1.807, 2.05) is 0 Å². The number of hydrogen-bond donors (Lipinski definition) is 0. The molecule has 0 aliphatic rings. The van der Waals surface area contributed by atoms with Crippen LogP contribution in [0.5, 0.6) is 0 Å². The molecule has 0 N–H and O–H groups in total. The van der Waals surface area contributed by atoms with Crippen LogP contribution >= 0.6 is 0 Å². The third-order valence-corrected chi connectivity index (χ3v) is 2.98. The summed E-state index contributed by atoms with van der Waals surface area (Å²) in [6.07, 6.45) is 1.57. The van der Waals surface area contributed by atoms with Gasteiger partial charge >= 0.3 is 0 Å². The highest BCUT2D eigenvalue weighted by Crippen LogP contribution is 2.16. The minimum Gasteiger partial charge on any atom is -0.315 e. The first-order valence-electron chi connectivity index (χ1n) is 5.85. The Balaban J connectivity index is 2.71. The van der Waals surface area contributed by atoms with Gasteiger partial charge in [0.05, 0.1) is 11.6 Å². The summed E-state index contributed by atoms with van der Waals surface area (Å²) in [6, 6.07) is 9.11. The van der Waals surface area contributed by atoms with E-state index in [9.17, 15) is 4.79 Å². The van der Waals surface area contributed by atoms with Crippen LogP contribution in [0.1, 0.15) is 32.3 Å². The molecule has 0 spiro atoms. The average molecular weight is 230 g/mol. The Bertz CT molecular complexity index is 417. The molecule has 1 aromatic carbocycles. The lowest BCUT2D eigenvalue weighted by molar-refractivity contribution is -0.119. The number of carbonyl (C=O) groups is 1. The van der Waals surface area contributed by atoms with Gasteiger partial charge in [-0.15, -0.1) is 0 Å². The van der Waals surface area contributed by atoms with Gasteiger partial charge in [0.1, 0.15) is 0 Å². The van der Waals surface area contributed by atoms with Crippen molar-refractivity contribution in [2.45, 2.75) is 26.7 Å². The van der Waals surface area contributed by atoms with E-state index in [4.69, 9.17) is 5.26 Å². The maximum atomic E-state index is 11.9. The van der Waals surface area contributed by atoms with Crippen molar-refractivity contribution in [3.05, 3.63) is 29.8 Å². The van der Waals surface area contributed by atoms with Gasteiger partial charge in [0, 0.05) is 19.2 Å². The Morgan fingerprint density at radius 1 is 1.41 bits per heavy atom. The molecule has 0 fully saturated rings. The quantitative estimate of drug-likeness (QED) is 0.798. The van der Waals surface area contributed by atoms with Crippen LogP contribution in [-0.4, -0.2) is 13.0 Å². The van der Waals surface area contributed by atoms with Crippen molar-refractivity contribution < 1.29 is 4.79 Å². The fraction of sp³-hybridized carbons (Fsp3) is 0.429. The number of hydrogen-bond acceptors (Lipinski definition) is 2. The van der Waals surface area contributed by atoms with E-state index in [1.165, 1.54) is 0 Å². The Labute approximate surface area is 103 Å². The molecule has 0 aliphatic heterocycles. The predicted octanol–water partition coefficient (Wildman–Crippen LogP) is 2.96. The van der Waals surface area contributed by atoms with Gasteiger partial charge < -0.3 is 4.90 Å². The van der Waals surface area contributed by atoms with Crippen molar-refractivity contribution in [1.82, 2.24) is 0 Å². The van der Waals surface area contributed by atoms with E-state index in [1.54, 1.807) is 36.2 Å². The summed E-state index contributed by atoms with van der Waals surface area (Å²) in [4.78, 5) is 13.6. The van der Waals surface area contributed by atoms with Crippen LogP contribution in [0.25, 0.3) is 0 Å². The molecule has 3 nitrogen and oxygen atoms in total. The Kier molecular flexibility index (Phi) is 4.71. The maximum Gasteiger partial charge on any atom is 0.226 e. The highest BCUT2D eigenvalue weighted by molar-refractivity contribution is 5.92. The molecule has 0 saturated carbocycles. The Morgan fingerprint density at radius 2 is 2.00 bits per heavy atom. The second kappa shape index (κ2) is 6.05. The van der Waals surface area contributed by atoms with Crippen LogP contribution in [0, 0.1) is 17.2 Å². The topological polar surface area (TPSA) is 44.1 Å². The first-order valence-corrected chi connectivity index (χ1v) is 5.85. The molecule has 0 bridgehead atoms. The van der Waals surface area contributed by atoms with Crippen molar-refractivity contribution in [2.75, 3.05) is 11.9 Å². The maximum absolute atomic E-state index is 11.9. The monoisotopic (exact) mass is 230 g/mol. The second-order valence-corrected chi connectivity index (χ2v) is 4.33. The van der Waals surface area contributed by atoms with Crippen LogP contribution in [0.2, 0.25) is 0 Å². The zero-order chi connectivity index (χ0) is 12.8. The van der Waals surface area contributed by atoms with Gasteiger partial charge in [0.25, 0.3) is 0 Å². The van der Waals surface area contributed by atoms with Crippen LogP contribution in [0.4, 0.5) is 5.69 Å². The minimum absolute atomic E-state index is 0.115. The third kappa shape index (κ3) is 3.60. The Hall–Kier alpha value is -1.82. The summed E-state index contributed by atoms with van der Waals surface area (Å²) in [5, 5.41) is 8.70. The molecule has 90 valence electrons. The number of nitriles is 1. The molecular weight excluding hydrogens is 212 g/mol. The molecule has 0 aliphatic carbocycles. The van der Waals surface area contributed by atoms with E-state index >= 15 is 0 Å². The van der Waals surface area contributed by atoms with Crippen LogP contribution in [-0.2, 0) is 4.79 Å². The molecule has 17 heavy (non-hydrogen) atoms. The lowest BCUT2D eigenvalue weighted by atomic mass is 10.0. The first kappa shape index (κ1) is 13.2. The summed E-state index contributed by atoms with van der Waals surface area (Å²) in [7, 11) is 1.77. The lowest BCUT2D eigenvalue weighted by Crippen LogP contribution is -2.27. The van der Waals surface area contributed by atoms with E-state index in [2.05, 4.69) is 19.9 Å². The highest BCUT2D eigenvalue weighted by Gasteiger charge is 2.13. The van der Waals surface area contributed by atoms with Gasteiger partial charge in [-0.25, -0.2) is 0 Å². The van der Waals surface area contributed by atoms with E-state index in [-0.39, 0.29) is 5.91 Å². The van der Waals surface area contributed by atoms with Crippen LogP contribution in [0.3, 0.4) is 0 Å². The third-order valence-electron chi connectivity index (χ3n) is 2.98. The molecule has 1 amide bonds. The van der Waals surface area contributed by atoms with E-state index in [0.29, 0.717) is 17.9 Å². The number of anilines is 1. The van der Waals surface area contributed by atoms with Gasteiger partial charge in [0.2, 0.25) is 5.91 Å². The van der Waals surface area contributed by atoms with E-state index in [0.717, 1.165) is 12.1 Å². The zero-order valence-electron chi connectivity index (χ0n) is 10.6.